The van der Waals surface area contributed by atoms with Crippen molar-refractivity contribution in [3.05, 3.63) is 35.9 Å². The smallest absolute Gasteiger partial charge is 0.407 e. The van der Waals surface area contributed by atoms with Crippen LogP contribution in [0.1, 0.15) is 111 Å². The highest BCUT2D eigenvalue weighted by atomic mass is 16.6. The first-order valence-corrected chi connectivity index (χ1v) is 19.5. The van der Waals surface area contributed by atoms with Crippen molar-refractivity contribution >= 4 is 18.0 Å². The third-order valence-electron chi connectivity index (χ3n) is 8.54. The predicted octanol–water partition coefficient (Wildman–Crippen LogP) is 6.01. The van der Waals surface area contributed by atoms with Gasteiger partial charge in [0, 0.05) is 45.8 Å². The molecule has 0 unspecified atom stereocenters. The fourth-order valence-corrected chi connectivity index (χ4v) is 6.06. The second-order valence-corrected chi connectivity index (χ2v) is 15.8. The average Bonchev–Trinajstić information content (AvgIpc) is 3.04. The average molecular weight is 718 g/mol. The number of carbonyl (C=O) groups is 3. The Morgan fingerprint density at radius 3 is 1.78 bits per heavy atom. The third kappa shape index (κ3) is 25.0. The van der Waals surface area contributed by atoms with Crippen LogP contribution in [-0.2, 0) is 30.4 Å². The van der Waals surface area contributed by atoms with Crippen LogP contribution in [-0.4, -0.2) is 122 Å². The van der Waals surface area contributed by atoms with Crippen LogP contribution in [0.15, 0.2) is 30.3 Å². The van der Waals surface area contributed by atoms with E-state index in [0.29, 0.717) is 13.2 Å². The Labute approximate surface area is 309 Å². The Bertz CT molecular complexity index is 1090. The molecule has 1 saturated heterocycles. The molecule has 0 radical (unpaired) electrons. The second kappa shape index (κ2) is 25.3. The number of benzene rings is 1. The number of unbranched alkanes of at least 4 members (excludes halogenated alkanes) is 7. The van der Waals surface area contributed by atoms with Crippen molar-refractivity contribution in [1.82, 2.24) is 25.3 Å². The first-order valence-electron chi connectivity index (χ1n) is 19.5. The highest BCUT2D eigenvalue weighted by molar-refractivity contribution is 5.72. The Hall–Kier alpha value is -2.73. The monoisotopic (exact) mass is 718 g/mol. The molecule has 0 saturated carbocycles. The maximum Gasteiger partial charge on any atom is 0.407 e. The van der Waals surface area contributed by atoms with E-state index < -0.39 is 11.2 Å². The molecule has 1 amide bonds. The quantitative estimate of drug-likeness (QED) is 0.113. The van der Waals surface area contributed by atoms with Crippen LogP contribution >= 0.6 is 0 Å². The Balaban J connectivity index is 1.70. The molecule has 0 aliphatic carbocycles. The zero-order valence-corrected chi connectivity index (χ0v) is 32.9. The first-order chi connectivity index (χ1) is 24.3. The van der Waals surface area contributed by atoms with E-state index in [0.717, 1.165) is 90.1 Å². The molecule has 0 atom stereocenters. The van der Waals surface area contributed by atoms with E-state index in [-0.39, 0.29) is 31.1 Å². The summed E-state index contributed by atoms with van der Waals surface area (Å²) < 4.78 is 16.5. The van der Waals surface area contributed by atoms with Crippen LogP contribution in [0.2, 0.25) is 0 Å². The Morgan fingerprint density at radius 1 is 0.647 bits per heavy atom. The van der Waals surface area contributed by atoms with Gasteiger partial charge in [0.05, 0.1) is 13.1 Å². The number of nitrogens with zero attached hydrogens (tertiary/aromatic N) is 3. The van der Waals surface area contributed by atoms with Crippen molar-refractivity contribution in [1.29, 1.82) is 0 Å². The van der Waals surface area contributed by atoms with Gasteiger partial charge in [0.25, 0.3) is 0 Å². The molecule has 0 spiro atoms. The van der Waals surface area contributed by atoms with Gasteiger partial charge in [-0.05, 0) is 92.4 Å². The van der Waals surface area contributed by atoms with E-state index in [1.54, 1.807) is 0 Å². The zero-order chi connectivity index (χ0) is 37.4. The zero-order valence-electron chi connectivity index (χ0n) is 32.9. The molecule has 2 N–H and O–H groups in total. The lowest BCUT2D eigenvalue weighted by Crippen LogP contribution is -2.43. The Kier molecular flexibility index (Phi) is 22.0. The molecule has 1 aliphatic rings. The topological polar surface area (TPSA) is 113 Å². The molecular formula is C40H71N5O6. The summed E-state index contributed by atoms with van der Waals surface area (Å²) in [6.45, 7) is 20.8. The van der Waals surface area contributed by atoms with E-state index in [1.807, 2.05) is 71.9 Å². The number of esters is 2. The van der Waals surface area contributed by atoms with Crippen LogP contribution in [0.25, 0.3) is 0 Å². The van der Waals surface area contributed by atoms with Crippen LogP contribution in [0.3, 0.4) is 0 Å². The fourth-order valence-electron chi connectivity index (χ4n) is 6.06. The summed E-state index contributed by atoms with van der Waals surface area (Å²) in [7, 11) is 0. The molecule has 1 aromatic carbocycles. The van der Waals surface area contributed by atoms with Gasteiger partial charge in [0.15, 0.2) is 0 Å². The lowest BCUT2D eigenvalue weighted by atomic mass is 10.1. The van der Waals surface area contributed by atoms with Crippen molar-refractivity contribution in [2.45, 2.75) is 124 Å². The van der Waals surface area contributed by atoms with Gasteiger partial charge in [-0.25, -0.2) is 4.79 Å². The molecule has 11 heteroatoms. The lowest BCUT2D eigenvalue weighted by Gasteiger charge is -2.30. The molecule has 51 heavy (non-hydrogen) atoms. The number of nitrogens with one attached hydrogen (secondary N) is 2. The number of amides is 1. The molecule has 292 valence electrons. The summed E-state index contributed by atoms with van der Waals surface area (Å²) in [5.41, 5.74) is -0.0297. The maximum absolute atomic E-state index is 12.8. The summed E-state index contributed by atoms with van der Waals surface area (Å²) in [6.07, 6.45) is 10.9. The van der Waals surface area contributed by atoms with Crippen molar-refractivity contribution < 1.29 is 28.6 Å². The minimum absolute atomic E-state index is 0.192. The van der Waals surface area contributed by atoms with Gasteiger partial charge in [0.2, 0.25) is 0 Å². The second-order valence-electron chi connectivity index (χ2n) is 15.8. The van der Waals surface area contributed by atoms with E-state index >= 15 is 0 Å². The van der Waals surface area contributed by atoms with E-state index in [2.05, 4.69) is 25.3 Å². The van der Waals surface area contributed by atoms with Crippen LogP contribution < -0.4 is 10.6 Å². The number of hydrogen-bond donors (Lipinski definition) is 2. The molecule has 1 heterocycles. The van der Waals surface area contributed by atoms with Gasteiger partial charge in [0.1, 0.15) is 17.8 Å². The molecule has 0 aromatic heterocycles. The van der Waals surface area contributed by atoms with Crippen molar-refractivity contribution in [2.75, 3.05) is 78.5 Å². The van der Waals surface area contributed by atoms with Gasteiger partial charge in [-0.1, -0.05) is 68.9 Å². The predicted molar refractivity (Wildman–Crippen MR) is 205 cm³/mol. The van der Waals surface area contributed by atoms with Crippen LogP contribution in [0, 0.1) is 0 Å². The number of ether oxygens (including phenoxy) is 3. The molecule has 2 rings (SSSR count). The highest BCUT2D eigenvalue weighted by Crippen LogP contribution is 2.12. The van der Waals surface area contributed by atoms with Crippen molar-refractivity contribution in [2.24, 2.45) is 0 Å². The fraction of sp³-hybridized carbons (Fsp3) is 0.775. The van der Waals surface area contributed by atoms with Crippen LogP contribution in [0.4, 0.5) is 4.79 Å². The highest BCUT2D eigenvalue weighted by Gasteiger charge is 2.22. The summed E-state index contributed by atoms with van der Waals surface area (Å²) in [4.78, 5) is 44.2. The third-order valence-corrected chi connectivity index (χ3v) is 8.54. The Morgan fingerprint density at radius 2 is 1.18 bits per heavy atom. The first kappa shape index (κ1) is 44.4. The molecule has 1 aliphatic heterocycles. The van der Waals surface area contributed by atoms with E-state index in [1.165, 1.54) is 38.5 Å². The normalized spacial score (nSPS) is 16.6. The van der Waals surface area contributed by atoms with Crippen LogP contribution in [0.5, 0.6) is 0 Å². The van der Waals surface area contributed by atoms with Gasteiger partial charge in [-0.15, -0.1) is 0 Å². The van der Waals surface area contributed by atoms with Gasteiger partial charge in [-0.3, -0.25) is 19.4 Å². The lowest BCUT2D eigenvalue weighted by molar-refractivity contribution is -0.156. The van der Waals surface area contributed by atoms with E-state index in [9.17, 15) is 14.4 Å². The minimum Gasteiger partial charge on any atom is -0.459 e. The number of rotatable bonds is 17. The SMILES string of the molecule is CC(C)(C)OC(=O)CN1CCCN(CC(=O)OC(C)(C)C)CCN(CCCCCCCCCCNC(=O)OCc2ccccc2)CCCNCC1. The summed E-state index contributed by atoms with van der Waals surface area (Å²) in [5.74, 6) is -0.393. The summed E-state index contributed by atoms with van der Waals surface area (Å²) >= 11 is 0. The van der Waals surface area contributed by atoms with Crippen molar-refractivity contribution in [3.8, 4) is 0 Å². The van der Waals surface area contributed by atoms with E-state index in [4.69, 9.17) is 14.2 Å². The largest absolute Gasteiger partial charge is 0.459 e. The van der Waals surface area contributed by atoms with Gasteiger partial charge in [-0.2, -0.15) is 0 Å². The summed E-state index contributed by atoms with van der Waals surface area (Å²) in [5, 5.41) is 6.43. The van der Waals surface area contributed by atoms with Gasteiger partial charge < -0.3 is 29.7 Å². The number of alkyl carbamates (subject to hydrolysis) is 1. The molecular weight excluding hydrogens is 646 g/mol. The molecule has 1 fully saturated rings. The maximum atomic E-state index is 12.8. The molecule has 1 aromatic rings. The van der Waals surface area contributed by atoms with Crippen molar-refractivity contribution in [3.63, 3.8) is 0 Å². The van der Waals surface area contributed by atoms with Gasteiger partial charge >= 0.3 is 18.0 Å². The standard InChI is InChI=1S/C40H71N5O6/c1-39(2,3)50-36(46)32-44-27-19-28-45(33-37(47)51-40(4,5)6)31-30-43(26-18-22-41-24-29-44)25-17-12-10-8-7-9-11-16-23-42-38(48)49-34-35-20-14-13-15-21-35/h13-15,20-21,41H,7-12,16-19,22-34H2,1-6H3,(H,42,48). The number of carbonyl (C=O) groups excluding carboxylic acids is 3. The molecule has 11 nitrogen and oxygen atoms in total. The number of hydrogen-bond acceptors (Lipinski definition) is 10. The summed E-state index contributed by atoms with van der Waals surface area (Å²) in [6, 6.07) is 9.72. The minimum atomic E-state index is -0.515. The molecule has 0 bridgehead atoms.